The third-order valence-electron chi connectivity index (χ3n) is 2.85. The summed E-state index contributed by atoms with van der Waals surface area (Å²) in [7, 11) is 0. The van der Waals surface area contributed by atoms with Crippen molar-refractivity contribution in [2.75, 3.05) is 5.32 Å². The van der Waals surface area contributed by atoms with Crippen LogP contribution in [0.4, 0.5) is 16.2 Å². The highest BCUT2D eigenvalue weighted by atomic mass is 35.5. The first kappa shape index (κ1) is 18.5. The molecule has 0 aliphatic heterocycles. The molecule has 0 saturated carbocycles. The molecule has 2 aromatic rings. The average Bonchev–Trinajstić information content (AvgIpc) is 2.49. The number of hydrogen-bond donors (Lipinski definition) is 1. The number of amides is 1. The van der Waals surface area contributed by atoms with Crippen LogP contribution in [0.2, 0.25) is 5.02 Å². The molecule has 0 radical (unpaired) electrons. The number of nitro benzene ring substituents is 1. The number of nitro groups is 1. The Labute approximate surface area is 149 Å². The average molecular weight is 365 g/mol. The van der Waals surface area contributed by atoms with Gasteiger partial charge < -0.3 is 9.47 Å². The Hall–Kier alpha value is -2.80. The van der Waals surface area contributed by atoms with Crippen LogP contribution >= 0.6 is 11.6 Å². The van der Waals surface area contributed by atoms with Gasteiger partial charge in [-0.25, -0.2) is 4.79 Å². The van der Waals surface area contributed by atoms with Crippen molar-refractivity contribution < 1.29 is 19.2 Å². The number of rotatable bonds is 4. The molecule has 0 heterocycles. The maximum Gasteiger partial charge on any atom is 0.412 e. The summed E-state index contributed by atoms with van der Waals surface area (Å²) in [6, 6.07) is 10.5. The zero-order valence-electron chi connectivity index (χ0n) is 13.9. The van der Waals surface area contributed by atoms with Crippen molar-refractivity contribution >= 4 is 29.1 Å². The van der Waals surface area contributed by atoms with Gasteiger partial charge in [-0.2, -0.15) is 0 Å². The highest BCUT2D eigenvalue weighted by Gasteiger charge is 2.16. The summed E-state index contributed by atoms with van der Waals surface area (Å²) in [5.74, 6) is 0.755. The van der Waals surface area contributed by atoms with Crippen molar-refractivity contribution in [1.29, 1.82) is 0 Å². The van der Waals surface area contributed by atoms with Crippen molar-refractivity contribution in [2.45, 2.75) is 26.4 Å². The Morgan fingerprint density at radius 2 is 1.80 bits per heavy atom. The summed E-state index contributed by atoms with van der Waals surface area (Å²) in [4.78, 5) is 21.9. The normalized spacial score (nSPS) is 10.9. The van der Waals surface area contributed by atoms with Gasteiger partial charge in [0.2, 0.25) is 0 Å². The Kier molecular flexibility index (Phi) is 5.48. The number of nitrogens with one attached hydrogen (secondary N) is 1. The number of ether oxygens (including phenoxy) is 2. The first-order valence-corrected chi connectivity index (χ1v) is 7.74. The minimum Gasteiger partial charge on any atom is -0.456 e. The van der Waals surface area contributed by atoms with E-state index in [1.807, 2.05) is 0 Å². The van der Waals surface area contributed by atoms with Crippen LogP contribution in [0.15, 0.2) is 42.5 Å². The molecule has 0 fully saturated rings. The lowest BCUT2D eigenvalue weighted by Crippen LogP contribution is -2.27. The second kappa shape index (κ2) is 7.40. The Morgan fingerprint density at radius 1 is 1.16 bits per heavy atom. The molecule has 132 valence electrons. The topological polar surface area (TPSA) is 90.7 Å². The van der Waals surface area contributed by atoms with Crippen LogP contribution < -0.4 is 10.1 Å². The molecule has 8 heteroatoms. The maximum absolute atomic E-state index is 11.7. The summed E-state index contributed by atoms with van der Waals surface area (Å²) in [6.07, 6.45) is -0.556. The van der Waals surface area contributed by atoms with Gasteiger partial charge in [-0.05, 0) is 51.1 Å². The van der Waals surface area contributed by atoms with Crippen molar-refractivity contribution in [2.24, 2.45) is 0 Å². The summed E-state index contributed by atoms with van der Waals surface area (Å²) in [5, 5.41) is 13.4. The van der Waals surface area contributed by atoms with Crippen molar-refractivity contribution in [3.63, 3.8) is 0 Å². The molecule has 2 rings (SSSR count). The van der Waals surface area contributed by atoms with Crippen LogP contribution in [0, 0.1) is 10.1 Å². The maximum atomic E-state index is 11.7. The fourth-order valence-electron chi connectivity index (χ4n) is 1.84. The van der Waals surface area contributed by atoms with Gasteiger partial charge in [0.25, 0.3) is 5.69 Å². The van der Waals surface area contributed by atoms with Crippen LogP contribution in [-0.4, -0.2) is 16.6 Å². The van der Waals surface area contributed by atoms with Gasteiger partial charge in [0.1, 0.15) is 17.1 Å². The van der Waals surface area contributed by atoms with E-state index < -0.39 is 16.6 Å². The van der Waals surface area contributed by atoms with E-state index in [0.29, 0.717) is 17.2 Å². The fourth-order valence-corrected chi connectivity index (χ4v) is 2.05. The Balaban J connectivity index is 2.03. The number of anilines is 1. The lowest BCUT2D eigenvalue weighted by atomic mass is 10.2. The standard InChI is InChI=1S/C17H17ClN2O5/c1-17(2,3)25-16(21)19-11-4-7-13(8-5-11)24-15-9-6-12(20(22)23)10-14(15)18/h4-10H,1-3H3,(H,19,21). The number of hydrogen-bond acceptors (Lipinski definition) is 5. The quantitative estimate of drug-likeness (QED) is 0.580. The number of non-ortho nitro benzene ring substituents is 1. The number of benzene rings is 2. The zero-order chi connectivity index (χ0) is 18.6. The number of carbonyl (C=O) groups is 1. The lowest BCUT2D eigenvalue weighted by molar-refractivity contribution is -0.384. The molecule has 0 bridgehead atoms. The number of halogens is 1. The third-order valence-corrected chi connectivity index (χ3v) is 3.15. The van der Waals surface area contributed by atoms with Crippen LogP contribution in [0.5, 0.6) is 11.5 Å². The molecule has 0 aliphatic rings. The number of carbonyl (C=O) groups excluding carboxylic acids is 1. The fraction of sp³-hybridized carbons (Fsp3) is 0.235. The Bertz CT molecular complexity index is 785. The smallest absolute Gasteiger partial charge is 0.412 e. The van der Waals surface area contributed by atoms with Crippen molar-refractivity contribution in [1.82, 2.24) is 0 Å². The lowest BCUT2D eigenvalue weighted by Gasteiger charge is -2.19. The van der Waals surface area contributed by atoms with E-state index in [0.717, 1.165) is 0 Å². The first-order valence-electron chi connectivity index (χ1n) is 7.36. The van der Waals surface area contributed by atoms with Gasteiger partial charge >= 0.3 is 6.09 Å². The van der Waals surface area contributed by atoms with Gasteiger partial charge in [0, 0.05) is 17.8 Å². The van der Waals surface area contributed by atoms with Gasteiger partial charge in [0.05, 0.1) is 9.95 Å². The summed E-state index contributed by atoms with van der Waals surface area (Å²) in [6.45, 7) is 5.33. The molecule has 0 aromatic heterocycles. The summed E-state index contributed by atoms with van der Waals surface area (Å²) < 4.78 is 10.7. The monoisotopic (exact) mass is 364 g/mol. The van der Waals surface area contributed by atoms with E-state index in [1.54, 1.807) is 45.0 Å². The van der Waals surface area contributed by atoms with Gasteiger partial charge in [-0.3, -0.25) is 15.4 Å². The molecule has 1 amide bonds. The van der Waals surface area contributed by atoms with Gasteiger partial charge in [0.15, 0.2) is 0 Å². The minimum atomic E-state index is -0.584. The highest BCUT2D eigenvalue weighted by molar-refractivity contribution is 6.32. The molecule has 0 saturated heterocycles. The molecular formula is C17H17ClN2O5. The van der Waals surface area contributed by atoms with Crippen LogP contribution in [0.3, 0.4) is 0 Å². The predicted molar refractivity (Wildman–Crippen MR) is 94.5 cm³/mol. The minimum absolute atomic E-state index is 0.116. The molecule has 0 atom stereocenters. The van der Waals surface area contributed by atoms with Crippen molar-refractivity contribution in [3.05, 3.63) is 57.6 Å². The number of nitrogens with zero attached hydrogens (tertiary/aromatic N) is 1. The molecular weight excluding hydrogens is 348 g/mol. The summed E-state index contributed by atoms with van der Waals surface area (Å²) >= 11 is 5.98. The second-order valence-corrected chi connectivity index (χ2v) is 6.53. The van der Waals surface area contributed by atoms with Crippen LogP contribution in [-0.2, 0) is 4.74 Å². The molecule has 0 unspecified atom stereocenters. The zero-order valence-corrected chi connectivity index (χ0v) is 14.7. The molecule has 0 spiro atoms. The third kappa shape index (κ3) is 5.65. The summed E-state index contributed by atoms with van der Waals surface area (Å²) in [5.41, 5.74) is -0.162. The first-order chi connectivity index (χ1) is 11.6. The molecule has 1 N–H and O–H groups in total. The van der Waals surface area contributed by atoms with E-state index in [2.05, 4.69) is 5.32 Å². The molecule has 25 heavy (non-hydrogen) atoms. The predicted octanol–water partition coefficient (Wildman–Crippen LogP) is 5.39. The Morgan fingerprint density at radius 3 is 2.32 bits per heavy atom. The van der Waals surface area contributed by atoms with Crippen LogP contribution in [0.1, 0.15) is 20.8 Å². The van der Waals surface area contributed by atoms with E-state index in [1.165, 1.54) is 18.2 Å². The molecule has 0 aliphatic carbocycles. The molecule has 7 nitrogen and oxygen atoms in total. The molecule has 2 aromatic carbocycles. The van der Waals surface area contributed by atoms with Crippen LogP contribution in [0.25, 0.3) is 0 Å². The van der Waals surface area contributed by atoms with E-state index in [9.17, 15) is 14.9 Å². The van der Waals surface area contributed by atoms with Gasteiger partial charge in [-0.15, -0.1) is 0 Å². The van der Waals surface area contributed by atoms with E-state index >= 15 is 0 Å². The second-order valence-electron chi connectivity index (χ2n) is 6.13. The van der Waals surface area contributed by atoms with Gasteiger partial charge in [-0.1, -0.05) is 11.6 Å². The SMILES string of the molecule is CC(C)(C)OC(=O)Nc1ccc(Oc2ccc([N+](=O)[O-])cc2Cl)cc1. The largest absolute Gasteiger partial charge is 0.456 e. The highest BCUT2D eigenvalue weighted by Crippen LogP contribution is 2.32. The van der Waals surface area contributed by atoms with E-state index in [4.69, 9.17) is 21.1 Å². The van der Waals surface area contributed by atoms with E-state index in [-0.39, 0.29) is 10.7 Å². The van der Waals surface area contributed by atoms with Crippen molar-refractivity contribution in [3.8, 4) is 11.5 Å².